The van der Waals surface area contributed by atoms with Crippen molar-refractivity contribution in [3.63, 3.8) is 0 Å². The summed E-state index contributed by atoms with van der Waals surface area (Å²) in [5.74, 6) is -0.0463. The Kier molecular flexibility index (Phi) is 3.90. The Bertz CT molecular complexity index is 512. The average molecular weight is 277 g/mol. The Morgan fingerprint density at radius 3 is 2.75 bits per heavy atom. The van der Waals surface area contributed by atoms with Gasteiger partial charge in [0, 0.05) is 32.7 Å². The van der Waals surface area contributed by atoms with E-state index in [1.54, 1.807) is 31.1 Å². The summed E-state index contributed by atoms with van der Waals surface area (Å²) in [6, 6.07) is 5.32. The fourth-order valence-corrected chi connectivity index (χ4v) is 2.63. The molecule has 0 bridgehead atoms. The Labute approximate surface area is 120 Å². The first-order valence-corrected chi connectivity index (χ1v) is 6.89. The molecule has 5 heteroatoms. The molecule has 1 aliphatic heterocycles. The van der Waals surface area contributed by atoms with Gasteiger partial charge in [0.05, 0.1) is 17.0 Å². The van der Waals surface area contributed by atoms with E-state index in [-0.39, 0.29) is 5.91 Å². The molecule has 1 atom stereocenters. The first kappa shape index (κ1) is 14.7. The quantitative estimate of drug-likeness (QED) is 0.800. The summed E-state index contributed by atoms with van der Waals surface area (Å²) in [4.78, 5) is 15.6. The van der Waals surface area contributed by atoms with Crippen molar-refractivity contribution in [2.24, 2.45) is 0 Å². The molecule has 0 saturated carbocycles. The summed E-state index contributed by atoms with van der Waals surface area (Å²) in [5, 5.41) is 10.2. The Balaban J connectivity index is 2.31. The molecule has 1 amide bonds. The van der Waals surface area contributed by atoms with Crippen LogP contribution in [0.3, 0.4) is 0 Å². The molecule has 1 aliphatic rings. The van der Waals surface area contributed by atoms with Gasteiger partial charge in [0.2, 0.25) is 0 Å². The van der Waals surface area contributed by atoms with Gasteiger partial charge in [0.1, 0.15) is 0 Å². The van der Waals surface area contributed by atoms with Gasteiger partial charge in [-0.05, 0) is 38.0 Å². The number of carbonyl (C=O) groups excluding carboxylic acids is 1. The van der Waals surface area contributed by atoms with Crippen molar-refractivity contribution in [1.29, 1.82) is 0 Å². The Morgan fingerprint density at radius 1 is 1.45 bits per heavy atom. The zero-order valence-corrected chi connectivity index (χ0v) is 12.4. The van der Waals surface area contributed by atoms with E-state index < -0.39 is 5.60 Å². The van der Waals surface area contributed by atoms with Crippen LogP contribution >= 0.6 is 0 Å². The predicted molar refractivity (Wildman–Crippen MR) is 80.9 cm³/mol. The second-order valence-corrected chi connectivity index (χ2v) is 6.00. The zero-order valence-electron chi connectivity index (χ0n) is 12.4. The molecule has 1 heterocycles. The molecule has 1 aromatic carbocycles. The maximum absolute atomic E-state index is 12.0. The van der Waals surface area contributed by atoms with Crippen LogP contribution in [0.2, 0.25) is 0 Å². The van der Waals surface area contributed by atoms with Gasteiger partial charge in [-0.1, -0.05) is 0 Å². The van der Waals surface area contributed by atoms with Crippen molar-refractivity contribution in [1.82, 2.24) is 4.90 Å². The highest BCUT2D eigenvalue weighted by Gasteiger charge is 2.29. The number of nitrogens with zero attached hydrogens (tertiary/aromatic N) is 2. The van der Waals surface area contributed by atoms with Crippen molar-refractivity contribution < 1.29 is 9.90 Å². The summed E-state index contributed by atoms with van der Waals surface area (Å²) in [6.45, 7) is 3.22. The molecule has 20 heavy (non-hydrogen) atoms. The van der Waals surface area contributed by atoms with Crippen molar-refractivity contribution >= 4 is 17.3 Å². The molecular weight excluding hydrogens is 254 g/mol. The summed E-state index contributed by atoms with van der Waals surface area (Å²) in [6.07, 6.45) is 1.71. The normalized spacial score (nSPS) is 22.7. The van der Waals surface area contributed by atoms with Gasteiger partial charge in [-0.2, -0.15) is 0 Å². The monoisotopic (exact) mass is 277 g/mol. The van der Waals surface area contributed by atoms with Gasteiger partial charge in [-0.15, -0.1) is 0 Å². The number of hydrogen-bond acceptors (Lipinski definition) is 4. The number of hydrogen-bond donors (Lipinski definition) is 2. The van der Waals surface area contributed by atoms with Crippen molar-refractivity contribution in [2.45, 2.75) is 25.4 Å². The number of nitrogen functional groups attached to an aromatic ring is 1. The van der Waals surface area contributed by atoms with Crippen molar-refractivity contribution in [2.75, 3.05) is 37.8 Å². The molecule has 0 radical (unpaired) electrons. The summed E-state index contributed by atoms with van der Waals surface area (Å²) >= 11 is 0. The van der Waals surface area contributed by atoms with E-state index in [0.717, 1.165) is 25.1 Å². The van der Waals surface area contributed by atoms with Crippen LogP contribution < -0.4 is 10.6 Å². The summed E-state index contributed by atoms with van der Waals surface area (Å²) < 4.78 is 0. The van der Waals surface area contributed by atoms with Crippen LogP contribution in [0, 0.1) is 0 Å². The largest absolute Gasteiger partial charge is 0.397 e. The van der Waals surface area contributed by atoms with E-state index >= 15 is 0 Å². The third kappa shape index (κ3) is 3.04. The fourth-order valence-electron chi connectivity index (χ4n) is 2.63. The highest BCUT2D eigenvalue weighted by atomic mass is 16.3. The molecule has 1 aromatic rings. The number of amides is 1. The number of β-amino-alcohol motifs (C(OH)–C–C–N with tert-alkyl or cyclic N) is 1. The summed E-state index contributed by atoms with van der Waals surface area (Å²) in [5.41, 5.74) is 7.42. The van der Waals surface area contributed by atoms with E-state index in [2.05, 4.69) is 4.90 Å². The van der Waals surface area contributed by atoms with E-state index in [1.807, 2.05) is 13.0 Å². The molecule has 5 nitrogen and oxygen atoms in total. The van der Waals surface area contributed by atoms with E-state index in [4.69, 9.17) is 5.73 Å². The molecule has 0 aliphatic carbocycles. The Morgan fingerprint density at radius 2 is 2.15 bits per heavy atom. The Hall–Kier alpha value is -1.75. The topological polar surface area (TPSA) is 69.8 Å². The van der Waals surface area contributed by atoms with E-state index in [0.29, 0.717) is 17.8 Å². The molecule has 1 saturated heterocycles. The van der Waals surface area contributed by atoms with Gasteiger partial charge < -0.3 is 20.6 Å². The fraction of sp³-hybridized carbons (Fsp3) is 0.533. The minimum atomic E-state index is -0.702. The average Bonchev–Trinajstić information content (AvgIpc) is 2.37. The van der Waals surface area contributed by atoms with Crippen molar-refractivity contribution in [3.8, 4) is 0 Å². The molecular formula is C15H23N3O2. The number of anilines is 2. The molecule has 0 aromatic heterocycles. The summed E-state index contributed by atoms with van der Waals surface area (Å²) in [7, 11) is 3.45. The van der Waals surface area contributed by atoms with Crippen LogP contribution in [0.5, 0.6) is 0 Å². The lowest BCUT2D eigenvalue weighted by Crippen LogP contribution is -2.46. The first-order chi connectivity index (χ1) is 9.30. The molecule has 110 valence electrons. The van der Waals surface area contributed by atoms with Gasteiger partial charge in [0.25, 0.3) is 5.91 Å². The smallest absolute Gasteiger partial charge is 0.253 e. The number of carbonyl (C=O) groups is 1. The van der Waals surface area contributed by atoms with E-state index in [1.165, 1.54) is 0 Å². The highest BCUT2D eigenvalue weighted by Crippen LogP contribution is 2.30. The van der Waals surface area contributed by atoms with Crippen LogP contribution in [0.1, 0.15) is 30.1 Å². The van der Waals surface area contributed by atoms with Gasteiger partial charge in [-0.25, -0.2) is 0 Å². The standard InChI is InChI=1S/C15H23N3O2/c1-15(20)7-4-8-18(10-15)13-9-11(5-6-12(13)16)14(19)17(2)3/h5-6,9,20H,4,7-8,10,16H2,1-3H3. The van der Waals surface area contributed by atoms with E-state index in [9.17, 15) is 9.90 Å². The van der Waals surface area contributed by atoms with Gasteiger partial charge >= 0.3 is 0 Å². The van der Waals surface area contributed by atoms with Gasteiger partial charge in [-0.3, -0.25) is 4.79 Å². The second kappa shape index (κ2) is 5.32. The van der Waals surface area contributed by atoms with Crippen molar-refractivity contribution in [3.05, 3.63) is 23.8 Å². The minimum absolute atomic E-state index is 0.0463. The van der Waals surface area contributed by atoms with Crippen LogP contribution in [-0.2, 0) is 0 Å². The highest BCUT2D eigenvalue weighted by molar-refractivity contribution is 5.96. The second-order valence-electron chi connectivity index (χ2n) is 6.00. The lowest BCUT2D eigenvalue weighted by atomic mass is 9.94. The number of nitrogens with two attached hydrogens (primary N) is 1. The third-order valence-corrected chi connectivity index (χ3v) is 3.70. The molecule has 1 unspecified atom stereocenters. The predicted octanol–water partition coefficient (Wildman–Crippen LogP) is 1.32. The molecule has 3 N–H and O–H groups in total. The molecule has 2 rings (SSSR count). The number of benzene rings is 1. The zero-order chi connectivity index (χ0) is 14.9. The van der Waals surface area contributed by atoms with Gasteiger partial charge in [0.15, 0.2) is 0 Å². The lowest BCUT2D eigenvalue weighted by molar-refractivity contribution is 0.0450. The number of piperidine rings is 1. The van der Waals surface area contributed by atoms with Crippen LogP contribution in [-0.4, -0.2) is 48.7 Å². The third-order valence-electron chi connectivity index (χ3n) is 3.70. The van der Waals surface area contributed by atoms with Crippen LogP contribution in [0.15, 0.2) is 18.2 Å². The minimum Gasteiger partial charge on any atom is -0.397 e. The molecule has 1 fully saturated rings. The first-order valence-electron chi connectivity index (χ1n) is 6.89. The maximum atomic E-state index is 12.0. The SMILES string of the molecule is CN(C)C(=O)c1ccc(N)c(N2CCCC(C)(O)C2)c1. The molecule has 0 spiro atoms. The maximum Gasteiger partial charge on any atom is 0.253 e. The number of aliphatic hydroxyl groups is 1. The lowest BCUT2D eigenvalue weighted by Gasteiger charge is -2.38. The van der Waals surface area contributed by atoms with Crippen LogP contribution in [0.25, 0.3) is 0 Å². The number of rotatable bonds is 2. The van der Waals surface area contributed by atoms with Crippen LogP contribution in [0.4, 0.5) is 11.4 Å².